The highest BCUT2D eigenvalue weighted by Gasteiger charge is 2.26. The molecule has 4 heterocycles. The Morgan fingerprint density at radius 2 is 2.05 bits per heavy atom. The first-order valence-electron chi connectivity index (χ1n) is 12.2. The second-order valence-corrected chi connectivity index (χ2v) is 10.2. The lowest BCUT2D eigenvalue weighted by Crippen LogP contribution is -2.24. The van der Waals surface area contributed by atoms with Gasteiger partial charge < -0.3 is 14.5 Å². The van der Waals surface area contributed by atoms with Gasteiger partial charge in [-0.25, -0.2) is 9.55 Å². The molecule has 1 saturated carbocycles. The van der Waals surface area contributed by atoms with Crippen LogP contribution in [0.4, 0.5) is 5.69 Å². The lowest BCUT2D eigenvalue weighted by Gasteiger charge is -2.28. The summed E-state index contributed by atoms with van der Waals surface area (Å²) >= 11 is 0. The van der Waals surface area contributed by atoms with Gasteiger partial charge >= 0.3 is 7.82 Å². The summed E-state index contributed by atoms with van der Waals surface area (Å²) in [4.78, 5) is 36.0. The minimum atomic E-state index is -4.31. The number of phosphoric ester groups is 1. The van der Waals surface area contributed by atoms with E-state index in [1.165, 1.54) is 18.7 Å². The molecule has 39 heavy (non-hydrogen) atoms. The van der Waals surface area contributed by atoms with Gasteiger partial charge in [-0.3, -0.25) is 33.5 Å². The molecule has 1 aliphatic carbocycles. The molecule has 4 aromatic heterocycles. The first-order chi connectivity index (χ1) is 18.8. The van der Waals surface area contributed by atoms with Gasteiger partial charge in [0.15, 0.2) is 5.69 Å². The van der Waals surface area contributed by atoms with Crippen LogP contribution in [0.3, 0.4) is 0 Å². The summed E-state index contributed by atoms with van der Waals surface area (Å²) in [5, 5.41) is 11.4. The number of nitrogens with one attached hydrogen (secondary N) is 1. The monoisotopic (exact) mass is 558 g/mol. The molecule has 0 aliphatic heterocycles. The average Bonchev–Trinajstić information content (AvgIpc) is 3.70. The largest absolute Gasteiger partial charge is 0.547 e. The van der Waals surface area contributed by atoms with Crippen molar-refractivity contribution in [2.75, 3.05) is 19.0 Å². The van der Waals surface area contributed by atoms with E-state index < -0.39 is 13.7 Å². The maximum Gasteiger partial charge on any atom is 0.547 e. The fourth-order valence-electron chi connectivity index (χ4n) is 4.29. The van der Waals surface area contributed by atoms with Crippen LogP contribution in [-0.4, -0.2) is 65.3 Å². The number of ether oxygens (including phenoxy) is 1. The summed E-state index contributed by atoms with van der Waals surface area (Å²) in [6, 6.07) is 0.160. The minimum absolute atomic E-state index is 0.00143. The van der Waals surface area contributed by atoms with E-state index in [1.807, 2.05) is 11.6 Å². The van der Waals surface area contributed by atoms with Crippen LogP contribution in [0.2, 0.25) is 0 Å². The Morgan fingerprint density at radius 3 is 2.77 bits per heavy atom. The molecule has 1 unspecified atom stereocenters. The van der Waals surface area contributed by atoms with Gasteiger partial charge in [0, 0.05) is 32.3 Å². The van der Waals surface area contributed by atoms with E-state index in [0.717, 1.165) is 37.6 Å². The number of phosphoric acid groups is 1. The number of hydrogen-bond acceptors (Lipinski definition) is 11. The molecule has 206 valence electrons. The van der Waals surface area contributed by atoms with Crippen LogP contribution in [-0.2, 0) is 13.8 Å². The van der Waals surface area contributed by atoms with Gasteiger partial charge in [0.2, 0.25) is 5.89 Å². The topological polar surface area (TPSA) is 182 Å². The highest BCUT2D eigenvalue weighted by atomic mass is 31.2. The molecule has 16 heteroatoms. The number of nitrogens with zero attached hydrogens (tertiary/aromatic N) is 7. The lowest BCUT2D eigenvalue weighted by atomic mass is 9.93. The van der Waals surface area contributed by atoms with E-state index in [4.69, 9.17) is 18.9 Å². The Kier molecular flexibility index (Phi) is 7.84. The van der Waals surface area contributed by atoms with Crippen molar-refractivity contribution in [2.24, 2.45) is 0 Å². The Bertz CT molecular complexity index is 1460. The van der Waals surface area contributed by atoms with Crippen LogP contribution in [0.25, 0.3) is 22.8 Å². The number of carbonyl (C=O) groups is 1. The molecule has 5 rings (SSSR count). The second-order valence-electron chi connectivity index (χ2n) is 8.70. The number of oxazole rings is 1. The zero-order valence-electron chi connectivity index (χ0n) is 21.2. The van der Waals surface area contributed by atoms with Gasteiger partial charge in [0.25, 0.3) is 5.91 Å². The Labute approximate surface area is 222 Å². The molecule has 1 aliphatic rings. The van der Waals surface area contributed by atoms with Crippen molar-refractivity contribution in [1.82, 2.24) is 34.7 Å². The highest BCUT2D eigenvalue weighted by molar-refractivity contribution is 7.47. The predicted molar refractivity (Wildman–Crippen MR) is 135 cm³/mol. The van der Waals surface area contributed by atoms with Gasteiger partial charge in [-0.05, 0) is 32.6 Å². The van der Waals surface area contributed by atoms with Crippen molar-refractivity contribution in [2.45, 2.75) is 44.8 Å². The van der Waals surface area contributed by atoms with Gasteiger partial charge in [-0.2, -0.15) is 5.10 Å². The van der Waals surface area contributed by atoms with Crippen LogP contribution in [0, 0.1) is 0 Å². The van der Waals surface area contributed by atoms with Crippen molar-refractivity contribution in [3.05, 3.63) is 49.1 Å². The third kappa shape index (κ3) is 6.23. The summed E-state index contributed by atoms with van der Waals surface area (Å²) < 4.78 is 33.7. The van der Waals surface area contributed by atoms with Gasteiger partial charge in [0.1, 0.15) is 17.7 Å². The van der Waals surface area contributed by atoms with Crippen molar-refractivity contribution >= 4 is 19.4 Å². The van der Waals surface area contributed by atoms with Crippen molar-refractivity contribution in [3.8, 4) is 22.8 Å². The van der Waals surface area contributed by atoms with Crippen LogP contribution in [0.1, 0.15) is 49.1 Å². The molecule has 0 spiro atoms. The van der Waals surface area contributed by atoms with Crippen molar-refractivity contribution in [1.29, 1.82) is 0 Å². The first-order valence-corrected chi connectivity index (χ1v) is 13.7. The van der Waals surface area contributed by atoms with E-state index >= 15 is 0 Å². The SMILES string of the molecule is CCO[C@H]1CC[C@H](n2cc(NC(=O)c3coc(-c4cnn(OP(=O)(O)OC)c4)n3)c(-c3cnccn3)n2)CC1. The van der Waals surface area contributed by atoms with Gasteiger partial charge in [-0.1, -0.05) is 4.85 Å². The number of anilines is 1. The summed E-state index contributed by atoms with van der Waals surface area (Å²) in [5.41, 5.74) is 1.76. The number of aromatic nitrogens is 7. The zero-order valence-corrected chi connectivity index (χ0v) is 22.1. The maximum atomic E-state index is 13.1. The standard InChI is InChI=1S/C23H27N8O7P/c1-3-36-17-6-4-16(5-7-17)30-13-19(21(29-30)18-11-24-8-9-25-18)27-22(32)20-14-37-23(28-20)15-10-26-31(12-15)38-39(33,34)35-2/h8-14,16-17H,3-7H2,1-2H3,(H,27,32)(H,33,34)/t16-,17-. The fourth-order valence-corrected chi connectivity index (χ4v) is 4.66. The number of rotatable bonds is 10. The van der Waals surface area contributed by atoms with E-state index in [2.05, 4.69) is 29.9 Å². The molecule has 0 radical (unpaired) electrons. The van der Waals surface area contributed by atoms with E-state index in [9.17, 15) is 14.3 Å². The average molecular weight is 558 g/mol. The highest BCUT2D eigenvalue weighted by Crippen LogP contribution is 2.38. The Hall–Kier alpha value is -3.91. The third-order valence-electron chi connectivity index (χ3n) is 6.17. The lowest BCUT2D eigenvalue weighted by molar-refractivity contribution is 0.0260. The molecule has 1 fully saturated rings. The molecule has 0 bridgehead atoms. The van der Waals surface area contributed by atoms with Crippen molar-refractivity contribution in [3.63, 3.8) is 0 Å². The van der Waals surface area contributed by atoms with Crippen molar-refractivity contribution < 1.29 is 32.6 Å². The zero-order chi connectivity index (χ0) is 27.4. The van der Waals surface area contributed by atoms with Gasteiger partial charge in [-0.15, -0.1) is 5.10 Å². The molecule has 1 amide bonds. The van der Waals surface area contributed by atoms with Crippen LogP contribution < -0.4 is 9.94 Å². The van der Waals surface area contributed by atoms with E-state index in [0.29, 0.717) is 29.2 Å². The predicted octanol–water partition coefficient (Wildman–Crippen LogP) is 3.14. The summed E-state index contributed by atoms with van der Waals surface area (Å²) in [7, 11) is -3.28. The van der Waals surface area contributed by atoms with Gasteiger partial charge in [0.05, 0.1) is 42.0 Å². The van der Waals surface area contributed by atoms with Crippen LogP contribution in [0.5, 0.6) is 0 Å². The third-order valence-corrected chi connectivity index (χ3v) is 7.00. The second kappa shape index (κ2) is 11.5. The Balaban J connectivity index is 1.34. The fraction of sp³-hybridized carbons (Fsp3) is 0.391. The molecular weight excluding hydrogens is 531 g/mol. The van der Waals surface area contributed by atoms with Crippen LogP contribution in [0.15, 0.2) is 47.9 Å². The quantitative estimate of drug-likeness (QED) is 0.272. The maximum absolute atomic E-state index is 13.1. The summed E-state index contributed by atoms with van der Waals surface area (Å²) in [5.74, 6) is -0.478. The molecule has 0 saturated heterocycles. The minimum Gasteiger partial charge on any atom is -0.444 e. The molecule has 1 atom stereocenters. The molecule has 4 aromatic rings. The number of hydrogen-bond donors (Lipinski definition) is 2. The number of amides is 1. The first kappa shape index (κ1) is 26.7. The van der Waals surface area contributed by atoms with E-state index in [1.54, 1.807) is 24.8 Å². The summed E-state index contributed by atoms with van der Waals surface area (Å²) in [6.07, 6.45) is 14.2. The summed E-state index contributed by atoms with van der Waals surface area (Å²) in [6.45, 7) is 2.70. The number of carbonyl (C=O) groups excluding carboxylic acids is 1. The Morgan fingerprint density at radius 1 is 1.23 bits per heavy atom. The smallest absolute Gasteiger partial charge is 0.444 e. The molecule has 0 aromatic carbocycles. The van der Waals surface area contributed by atoms with Crippen LogP contribution >= 0.6 is 7.82 Å². The molecule has 2 N–H and O–H groups in total. The van der Waals surface area contributed by atoms with E-state index in [-0.39, 0.29) is 23.7 Å². The normalized spacial score (nSPS) is 18.9. The molecule has 15 nitrogen and oxygen atoms in total. The molecular formula is C23H27N8O7P.